The van der Waals surface area contributed by atoms with Crippen molar-refractivity contribution < 1.29 is 9.53 Å². The zero-order valence-electron chi connectivity index (χ0n) is 12.4. The van der Waals surface area contributed by atoms with Gasteiger partial charge in [-0.3, -0.25) is 4.79 Å². The van der Waals surface area contributed by atoms with E-state index in [0.717, 1.165) is 38.5 Å². The molecule has 22 heavy (non-hydrogen) atoms. The molecule has 0 spiro atoms. The number of carbonyl (C=O) groups is 1. The average Bonchev–Trinajstić information content (AvgIpc) is 2.97. The van der Waals surface area contributed by atoms with Gasteiger partial charge in [0.05, 0.1) is 18.2 Å². The van der Waals surface area contributed by atoms with Gasteiger partial charge in [0.25, 0.3) is 0 Å². The molecule has 2 fully saturated rings. The molecule has 2 N–H and O–H groups in total. The van der Waals surface area contributed by atoms with Crippen LogP contribution < -0.4 is 15.5 Å². The van der Waals surface area contributed by atoms with Crippen LogP contribution in [0.4, 0.5) is 5.82 Å². The Morgan fingerprint density at radius 1 is 1.59 bits per heavy atom. The number of rotatable bonds is 4. The molecule has 7 heteroatoms. The minimum atomic E-state index is 0.0713. The summed E-state index contributed by atoms with van der Waals surface area (Å²) in [5.41, 5.74) is 0. The number of hydrogen-bond acceptors (Lipinski definition) is 5. The smallest absolute Gasteiger partial charge is 0.221 e. The van der Waals surface area contributed by atoms with Crippen molar-refractivity contribution in [3.8, 4) is 0 Å². The van der Waals surface area contributed by atoms with E-state index >= 15 is 0 Å². The first-order valence-electron chi connectivity index (χ1n) is 7.68. The van der Waals surface area contributed by atoms with Crippen LogP contribution in [-0.4, -0.2) is 55.8 Å². The van der Waals surface area contributed by atoms with Crippen molar-refractivity contribution in [3.05, 3.63) is 23.4 Å². The second kappa shape index (κ2) is 7.26. The van der Waals surface area contributed by atoms with Crippen molar-refractivity contribution in [2.24, 2.45) is 0 Å². The van der Waals surface area contributed by atoms with E-state index in [9.17, 15) is 4.79 Å². The summed E-state index contributed by atoms with van der Waals surface area (Å²) in [6, 6.07) is 3.93. The number of carbonyl (C=O) groups excluding carboxylic acids is 1. The van der Waals surface area contributed by atoms with Crippen molar-refractivity contribution in [2.75, 3.05) is 37.7 Å². The predicted octanol–water partition coefficient (Wildman–Crippen LogP) is 0.808. The molecule has 2 unspecified atom stereocenters. The van der Waals surface area contributed by atoms with Crippen LogP contribution in [0, 0.1) is 0 Å². The summed E-state index contributed by atoms with van der Waals surface area (Å²) in [5.74, 6) is 0.866. The Morgan fingerprint density at radius 3 is 3.27 bits per heavy atom. The molecule has 1 amide bonds. The Morgan fingerprint density at radius 2 is 2.50 bits per heavy atom. The topological polar surface area (TPSA) is 66.5 Å². The number of amides is 1. The van der Waals surface area contributed by atoms with Crippen molar-refractivity contribution in [2.45, 2.75) is 24.9 Å². The molecule has 0 bridgehead atoms. The molecule has 0 aromatic carbocycles. The first kappa shape index (κ1) is 15.5. The fourth-order valence-corrected chi connectivity index (χ4v) is 3.18. The highest BCUT2D eigenvalue weighted by Gasteiger charge is 2.27. The van der Waals surface area contributed by atoms with Gasteiger partial charge in [0.1, 0.15) is 5.82 Å². The fraction of sp³-hybridized carbons (Fsp3) is 0.600. The minimum Gasteiger partial charge on any atom is -0.378 e. The van der Waals surface area contributed by atoms with Crippen LogP contribution in [0.15, 0.2) is 18.3 Å². The summed E-state index contributed by atoms with van der Waals surface area (Å²) in [7, 11) is 0. The second-order valence-electron chi connectivity index (χ2n) is 5.74. The van der Waals surface area contributed by atoms with Gasteiger partial charge in [0, 0.05) is 44.3 Å². The van der Waals surface area contributed by atoms with Gasteiger partial charge in [-0.05, 0) is 18.6 Å². The molecule has 3 heterocycles. The molecule has 0 saturated carbocycles. The maximum absolute atomic E-state index is 12.1. The number of pyridine rings is 1. The van der Waals surface area contributed by atoms with Crippen LogP contribution in [0.5, 0.6) is 0 Å². The van der Waals surface area contributed by atoms with Gasteiger partial charge in [-0.25, -0.2) is 4.98 Å². The largest absolute Gasteiger partial charge is 0.378 e. The van der Waals surface area contributed by atoms with Gasteiger partial charge >= 0.3 is 0 Å². The lowest BCUT2D eigenvalue weighted by Gasteiger charge is -2.24. The molecule has 0 radical (unpaired) electrons. The SMILES string of the molecule is O=C(CC1COCCN1)NC1CCN(c2ncccc2Cl)C1. The molecule has 2 saturated heterocycles. The number of nitrogens with zero attached hydrogens (tertiary/aromatic N) is 2. The van der Waals surface area contributed by atoms with Gasteiger partial charge in [-0.1, -0.05) is 11.6 Å². The van der Waals surface area contributed by atoms with E-state index in [0.29, 0.717) is 18.1 Å². The number of aromatic nitrogens is 1. The summed E-state index contributed by atoms with van der Waals surface area (Å²) in [4.78, 5) is 18.6. The van der Waals surface area contributed by atoms with E-state index in [1.807, 2.05) is 12.1 Å². The molecule has 3 rings (SSSR count). The summed E-state index contributed by atoms with van der Waals surface area (Å²) < 4.78 is 5.37. The lowest BCUT2D eigenvalue weighted by Crippen LogP contribution is -2.46. The average molecular weight is 325 g/mol. The number of nitrogens with one attached hydrogen (secondary N) is 2. The molecule has 120 valence electrons. The zero-order valence-corrected chi connectivity index (χ0v) is 13.2. The fourth-order valence-electron chi connectivity index (χ4n) is 2.94. The van der Waals surface area contributed by atoms with Crippen molar-refractivity contribution in [3.63, 3.8) is 0 Å². The molecule has 2 aliphatic rings. The van der Waals surface area contributed by atoms with Crippen LogP contribution in [-0.2, 0) is 9.53 Å². The van der Waals surface area contributed by atoms with E-state index in [2.05, 4.69) is 20.5 Å². The lowest BCUT2D eigenvalue weighted by atomic mass is 10.1. The van der Waals surface area contributed by atoms with Crippen LogP contribution in [0.2, 0.25) is 5.02 Å². The number of halogens is 1. The maximum atomic E-state index is 12.1. The van der Waals surface area contributed by atoms with Gasteiger partial charge in [-0.2, -0.15) is 0 Å². The molecule has 1 aromatic heterocycles. The van der Waals surface area contributed by atoms with Crippen LogP contribution >= 0.6 is 11.6 Å². The molecule has 1 aromatic rings. The monoisotopic (exact) mass is 324 g/mol. The van der Waals surface area contributed by atoms with E-state index in [4.69, 9.17) is 16.3 Å². The third kappa shape index (κ3) is 3.88. The van der Waals surface area contributed by atoms with Crippen molar-refractivity contribution >= 4 is 23.3 Å². The van der Waals surface area contributed by atoms with Gasteiger partial charge in [0.2, 0.25) is 5.91 Å². The highest BCUT2D eigenvalue weighted by Crippen LogP contribution is 2.25. The number of hydrogen-bond donors (Lipinski definition) is 2. The Bertz CT molecular complexity index is 522. The quantitative estimate of drug-likeness (QED) is 0.858. The van der Waals surface area contributed by atoms with E-state index in [-0.39, 0.29) is 18.0 Å². The standard InChI is InChI=1S/C15H21ClN4O2/c16-13-2-1-4-18-15(13)20-6-3-11(9-20)19-14(21)8-12-10-22-7-5-17-12/h1-2,4,11-12,17H,3,5-10H2,(H,19,21). The molecular formula is C15H21ClN4O2. The Labute approximate surface area is 135 Å². The summed E-state index contributed by atoms with van der Waals surface area (Å²) in [6.07, 6.45) is 3.11. The van der Waals surface area contributed by atoms with Crippen molar-refractivity contribution in [1.82, 2.24) is 15.6 Å². The summed E-state index contributed by atoms with van der Waals surface area (Å²) >= 11 is 6.17. The van der Waals surface area contributed by atoms with E-state index in [1.54, 1.807) is 6.20 Å². The van der Waals surface area contributed by atoms with E-state index in [1.165, 1.54) is 0 Å². The van der Waals surface area contributed by atoms with Crippen LogP contribution in [0.3, 0.4) is 0 Å². The first-order valence-corrected chi connectivity index (χ1v) is 8.06. The second-order valence-corrected chi connectivity index (χ2v) is 6.15. The van der Waals surface area contributed by atoms with Gasteiger partial charge in [0.15, 0.2) is 0 Å². The number of ether oxygens (including phenoxy) is 1. The van der Waals surface area contributed by atoms with Crippen LogP contribution in [0.1, 0.15) is 12.8 Å². The van der Waals surface area contributed by atoms with Gasteiger partial charge < -0.3 is 20.3 Å². The minimum absolute atomic E-state index is 0.0713. The Balaban J connectivity index is 1.48. The van der Waals surface area contributed by atoms with Crippen LogP contribution in [0.25, 0.3) is 0 Å². The Hall–Kier alpha value is -1.37. The normalized spacial score (nSPS) is 25.2. The molecule has 2 aliphatic heterocycles. The zero-order chi connectivity index (χ0) is 15.4. The lowest BCUT2D eigenvalue weighted by molar-refractivity contribution is -0.122. The highest BCUT2D eigenvalue weighted by molar-refractivity contribution is 6.32. The summed E-state index contributed by atoms with van der Waals surface area (Å²) in [5, 5.41) is 7.04. The molecule has 0 aliphatic carbocycles. The number of morpholine rings is 1. The Kier molecular flexibility index (Phi) is 5.12. The highest BCUT2D eigenvalue weighted by atomic mass is 35.5. The molecular weight excluding hydrogens is 304 g/mol. The van der Waals surface area contributed by atoms with E-state index < -0.39 is 0 Å². The maximum Gasteiger partial charge on any atom is 0.221 e. The molecule has 2 atom stereocenters. The first-order chi connectivity index (χ1) is 10.7. The number of anilines is 1. The predicted molar refractivity (Wildman–Crippen MR) is 85.2 cm³/mol. The third-order valence-electron chi connectivity index (χ3n) is 4.02. The summed E-state index contributed by atoms with van der Waals surface area (Å²) in [6.45, 7) is 3.74. The third-order valence-corrected chi connectivity index (χ3v) is 4.32. The van der Waals surface area contributed by atoms with Gasteiger partial charge in [-0.15, -0.1) is 0 Å². The van der Waals surface area contributed by atoms with Crippen molar-refractivity contribution in [1.29, 1.82) is 0 Å². The molecule has 6 nitrogen and oxygen atoms in total.